The molecule has 2 rings (SSSR count). The summed E-state index contributed by atoms with van der Waals surface area (Å²) in [6, 6.07) is 5.40. The van der Waals surface area contributed by atoms with Gasteiger partial charge < -0.3 is 15.0 Å². The molecule has 0 spiro atoms. The fraction of sp³-hybridized carbons (Fsp3) is 0.250. The van der Waals surface area contributed by atoms with Crippen LogP contribution < -0.4 is 10.5 Å². The van der Waals surface area contributed by atoms with Crippen molar-refractivity contribution >= 4 is 17.5 Å². The quantitative estimate of drug-likeness (QED) is 0.912. The zero-order chi connectivity index (χ0) is 12.4. The lowest BCUT2D eigenvalue weighted by Crippen LogP contribution is -1.92. The fourth-order valence-electron chi connectivity index (χ4n) is 1.70. The molecule has 90 valence electrons. The molecule has 17 heavy (non-hydrogen) atoms. The molecule has 0 aliphatic rings. The average molecular weight is 253 g/mol. The summed E-state index contributed by atoms with van der Waals surface area (Å²) in [5.41, 5.74) is 8.20. The molecule has 0 aliphatic carbocycles. The van der Waals surface area contributed by atoms with Crippen LogP contribution in [-0.4, -0.2) is 12.3 Å². The fourth-order valence-corrected chi connectivity index (χ4v) is 1.94. The highest BCUT2D eigenvalue weighted by Gasteiger charge is 2.13. The van der Waals surface area contributed by atoms with E-state index in [-0.39, 0.29) is 5.88 Å². The Balaban J connectivity index is 2.57. The van der Waals surface area contributed by atoms with Gasteiger partial charge in [-0.3, -0.25) is 0 Å². The molecule has 0 fully saturated rings. The van der Waals surface area contributed by atoms with Crippen LogP contribution in [-0.2, 0) is 6.42 Å². The molecule has 0 saturated heterocycles. The van der Waals surface area contributed by atoms with Crippen molar-refractivity contribution in [3.8, 4) is 17.0 Å². The second kappa shape index (κ2) is 4.67. The number of anilines is 1. The van der Waals surface area contributed by atoms with Crippen LogP contribution in [0.3, 0.4) is 0 Å². The largest absolute Gasteiger partial charge is 0.495 e. The van der Waals surface area contributed by atoms with E-state index in [4.69, 9.17) is 26.6 Å². The number of nitrogen functional groups attached to an aromatic ring is 1. The van der Waals surface area contributed by atoms with Crippen LogP contribution in [0.4, 0.5) is 5.88 Å². The van der Waals surface area contributed by atoms with Crippen molar-refractivity contribution in [3.63, 3.8) is 0 Å². The second-order valence-corrected chi connectivity index (χ2v) is 4.02. The van der Waals surface area contributed by atoms with E-state index in [1.165, 1.54) is 0 Å². The first-order valence-corrected chi connectivity index (χ1v) is 5.62. The minimum atomic E-state index is 0.286. The number of ether oxygens (including phenoxy) is 1. The molecule has 0 saturated carbocycles. The van der Waals surface area contributed by atoms with Crippen molar-refractivity contribution in [3.05, 3.63) is 28.8 Å². The van der Waals surface area contributed by atoms with Gasteiger partial charge in [-0.2, -0.15) is 0 Å². The summed E-state index contributed by atoms with van der Waals surface area (Å²) in [7, 11) is 1.59. The third-order valence-corrected chi connectivity index (χ3v) is 2.86. The Kier molecular flexibility index (Phi) is 3.24. The lowest BCUT2D eigenvalue weighted by atomic mass is 10.0. The first-order chi connectivity index (χ1) is 8.15. The number of benzene rings is 1. The predicted molar refractivity (Wildman–Crippen MR) is 67.3 cm³/mol. The number of aromatic nitrogens is 1. The van der Waals surface area contributed by atoms with Gasteiger partial charge in [-0.05, 0) is 24.1 Å². The molecule has 0 aliphatic heterocycles. The summed E-state index contributed by atoms with van der Waals surface area (Å²) in [5, 5.41) is 4.43. The van der Waals surface area contributed by atoms with Gasteiger partial charge in [0.15, 0.2) is 0 Å². The van der Waals surface area contributed by atoms with Crippen LogP contribution in [0.25, 0.3) is 11.3 Å². The van der Waals surface area contributed by atoms with E-state index < -0.39 is 0 Å². The molecule has 0 amide bonds. The van der Waals surface area contributed by atoms with Gasteiger partial charge >= 0.3 is 0 Å². The minimum Gasteiger partial charge on any atom is -0.495 e. The van der Waals surface area contributed by atoms with E-state index in [2.05, 4.69) is 12.1 Å². The van der Waals surface area contributed by atoms with Crippen molar-refractivity contribution in [2.24, 2.45) is 0 Å². The highest BCUT2D eigenvalue weighted by Crippen LogP contribution is 2.34. The van der Waals surface area contributed by atoms with Gasteiger partial charge in [-0.15, -0.1) is 0 Å². The Morgan fingerprint density at radius 2 is 2.18 bits per heavy atom. The van der Waals surface area contributed by atoms with Crippen molar-refractivity contribution < 1.29 is 9.26 Å². The van der Waals surface area contributed by atoms with Gasteiger partial charge in [0.25, 0.3) is 0 Å². The molecule has 2 N–H and O–H groups in total. The third kappa shape index (κ3) is 2.22. The van der Waals surface area contributed by atoms with Gasteiger partial charge in [0, 0.05) is 11.6 Å². The van der Waals surface area contributed by atoms with Crippen LogP contribution in [0.15, 0.2) is 22.7 Å². The number of nitrogens with two attached hydrogens (primary N) is 1. The van der Waals surface area contributed by atoms with E-state index in [0.29, 0.717) is 16.5 Å². The van der Waals surface area contributed by atoms with E-state index in [1.54, 1.807) is 13.2 Å². The maximum atomic E-state index is 6.10. The second-order valence-electron chi connectivity index (χ2n) is 3.61. The zero-order valence-electron chi connectivity index (χ0n) is 9.66. The number of hydrogen-bond acceptors (Lipinski definition) is 4. The molecular weight excluding hydrogens is 240 g/mol. The number of halogens is 1. The maximum absolute atomic E-state index is 6.10. The number of rotatable bonds is 3. The number of methoxy groups -OCH3 is 1. The molecule has 2 aromatic rings. The molecule has 0 bridgehead atoms. The van der Waals surface area contributed by atoms with Crippen LogP contribution >= 0.6 is 11.6 Å². The lowest BCUT2D eigenvalue weighted by Gasteiger charge is -2.09. The third-order valence-electron chi connectivity index (χ3n) is 2.56. The summed E-state index contributed by atoms with van der Waals surface area (Å²) in [6.07, 6.45) is 0.843. The molecular formula is C12H13ClN2O2. The van der Waals surface area contributed by atoms with Gasteiger partial charge in [0.2, 0.25) is 5.88 Å². The summed E-state index contributed by atoms with van der Waals surface area (Å²) in [5.74, 6) is 0.942. The van der Waals surface area contributed by atoms with E-state index in [9.17, 15) is 0 Å². The summed E-state index contributed by atoms with van der Waals surface area (Å²) in [4.78, 5) is 0. The molecule has 0 radical (unpaired) electrons. The van der Waals surface area contributed by atoms with Gasteiger partial charge in [0.05, 0.1) is 12.1 Å². The van der Waals surface area contributed by atoms with Crippen molar-refractivity contribution in [1.29, 1.82) is 0 Å². The summed E-state index contributed by atoms with van der Waals surface area (Å²) < 4.78 is 10.1. The van der Waals surface area contributed by atoms with Crippen molar-refractivity contribution in [1.82, 2.24) is 5.16 Å². The van der Waals surface area contributed by atoms with Crippen LogP contribution in [0.1, 0.15) is 12.5 Å². The molecule has 0 unspecified atom stereocenters. The molecule has 1 aromatic carbocycles. The van der Waals surface area contributed by atoms with E-state index >= 15 is 0 Å². The highest BCUT2D eigenvalue weighted by molar-refractivity contribution is 6.32. The number of aryl methyl sites for hydroxylation is 1. The molecule has 0 atom stereocenters. The first-order valence-electron chi connectivity index (χ1n) is 5.24. The summed E-state index contributed by atoms with van der Waals surface area (Å²) in [6.45, 7) is 2.05. The molecule has 4 nitrogen and oxygen atoms in total. The monoisotopic (exact) mass is 252 g/mol. The average Bonchev–Trinajstić information content (AvgIpc) is 2.75. The Bertz CT molecular complexity index is 537. The predicted octanol–water partition coefficient (Wildman–Crippen LogP) is 3.15. The van der Waals surface area contributed by atoms with E-state index in [0.717, 1.165) is 17.5 Å². The first kappa shape index (κ1) is 11.8. The van der Waals surface area contributed by atoms with Crippen molar-refractivity contribution in [2.75, 3.05) is 12.8 Å². The lowest BCUT2D eigenvalue weighted by molar-refractivity contribution is 0.414. The van der Waals surface area contributed by atoms with Crippen LogP contribution in [0.5, 0.6) is 5.75 Å². The van der Waals surface area contributed by atoms with Gasteiger partial charge in [-0.25, -0.2) is 0 Å². The normalized spacial score (nSPS) is 10.5. The SMILES string of the molecule is CCc1cc(OC)c(Cl)cc1-c1cc(N)on1. The number of nitrogens with zero attached hydrogens (tertiary/aromatic N) is 1. The molecule has 1 aromatic heterocycles. The van der Waals surface area contributed by atoms with Crippen LogP contribution in [0.2, 0.25) is 5.02 Å². The highest BCUT2D eigenvalue weighted by atomic mass is 35.5. The Morgan fingerprint density at radius 3 is 2.71 bits per heavy atom. The smallest absolute Gasteiger partial charge is 0.222 e. The Labute approximate surface area is 104 Å². The Hall–Kier alpha value is -1.68. The number of hydrogen-bond donors (Lipinski definition) is 1. The maximum Gasteiger partial charge on any atom is 0.222 e. The van der Waals surface area contributed by atoms with E-state index in [1.807, 2.05) is 12.1 Å². The minimum absolute atomic E-state index is 0.286. The molecule has 5 heteroatoms. The summed E-state index contributed by atoms with van der Waals surface area (Å²) >= 11 is 6.10. The van der Waals surface area contributed by atoms with Crippen molar-refractivity contribution in [2.45, 2.75) is 13.3 Å². The van der Waals surface area contributed by atoms with Crippen LogP contribution in [0, 0.1) is 0 Å². The standard InChI is InChI=1S/C12H13ClN2O2/c1-3-7-4-11(16-2)9(13)5-8(7)10-6-12(14)17-15-10/h4-6H,3,14H2,1-2H3. The zero-order valence-corrected chi connectivity index (χ0v) is 10.4. The van der Waals surface area contributed by atoms with Gasteiger partial charge in [-0.1, -0.05) is 23.7 Å². The van der Waals surface area contributed by atoms with Gasteiger partial charge in [0.1, 0.15) is 11.4 Å². The Morgan fingerprint density at radius 1 is 1.41 bits per heavy atom. The molecule has 1 heterocycles. The topological polar surface area (TPSA) is 61.3 Å².